The fourth-order valence-electron chi connectivity index (χ4n) is 3.01. The van der Waals surface area contributed by atoms with Crippen LogP contribution >= 0.6 is 0 Å². The Hall–Kier alpha value is -3.28. The minimum absolute atomic E-state index is 0.695. The molecule has 6 heteroatoms. The van der Waals surface area contributed by atoms with E-state index in [1.54, 1.807) is 7.11 Å². The third-order valence-electron chi connectivity index (χ3n) is 4.47. The first-order valence-corrected chi connectivity index (χ1v) is 9.50. The minimum Gasteiger partial charge on any atom is -0.497 e. The van der Waals surface area contributed by atoms with E-state index in [0.29, 0.717) is 5.82 Å². The van der Waals surface area contributed by atoms with E-state index in [0.717, 1.165) is 41.8 Å². The summed E-state index contributed by atoms with van der Waals surface area (Å²) in [6.45, 7) is 8.20. The number of aromatic nitrogens is 2. The highest BCUT2D eigenvalue weighted by Crippen LogP contribution is 2.23. The fraction of sp³-hybridized carbons (Fsp3) is 0.273. The maximum atomic E-state index is 5.19. The first kappa shape index (κ1) is 19.5. The summed E-state index contributed by atoms with van der Waals surface area (Å²) in [5, 5.41) is 6.67. The van der Waals surface area contributed by atoms with E-state index < -0.39 is 0 Å². The van der Waals surface area contributed by atoms with Gasteiger partial charge in [-0.3, -0.25) is 0 Å². The van der Waals surface area contributed by atoms with Gasteiger partial charge in [-0.1, -0.05) is 0 Å². The van der Waals surface area contributed by atoms with Crippen LogP contribution in [0.25, 0.3) is 0 Å². The lowest BCUT2D eigenvalue weighted by molar-refractivity contribution is 0.415. The Balaban J connectivity index is 1.73. The SMILES string of the molecule is CCN(CC)c1ccc(Nc2cc(Nc3ccc(OC)cc3)nc(C)n2)cc1. The van der Waals surface area contributed by atoms with Gasteiger partial charge in [-0.15, -0.1) is 0 Å². The Kier molecular flexibility index (Phi) is 6.32. The van der Waals surface area contributed by atoms with Gasteiger partial charge in [0.2, 0.25) is 0 Å². The highest BCUT2D eigenvalue weighted by atomic mass is 16.5. The molecular formula is C22H27N5O. The standard InChI is InChI=1S/C22H27N5O/c1-5-27(6-2)19-11-7-17(8-12-19)25-21-15-22(24-16(3)23-21)26-18-9-13-20(28-4)14-10-18/h7-15H,5-6H2,1-4H3,(H2,23,24,25,26). The zero-order chi connectivity index (χ0) is 19.9. The van der Waals surface area contributed by atoms with Crippen LogP contribution in [0.1, 0.15) is 19.7 Å². The van der Waals surface area contributed by atoms with Crippen LogP contribution in [0, 0.1) is 6.92 Å². The lowest BCUT2D eigenvalue weighted by Gasteiger charge is -2.21. The number of hydrogen-bond donors (Lipinski definition) is 2. The smallest absolute Gasteiger partial charge is 0.136 e. The first-order chi connectivity index (χ1) is 13.6. The maximum Gasteiger partial charge on any atom is 0.136 e. The van der Waals surface area contributed by atoms with Crippen LogP contribution < -0.4 is 20.3 Å². The summed E-state index contributed by atoms with van der Waals surface area (Å²) in [6.07, 6.45) is 0. The zero-order valence-electron chi connectivity index (χ0n) is 16.9. The average Bonchev–Trinajstić information content (AvgIpc) is 2.70. The molecule has 1 aromatic heterocycles. The monoisotopic (exact) mass is 377 g/mol. The predicted molar refractivity (Wildman–Crippen MR) is 116 cm³/mol. The number of nitrogens with zero attached hydrogens (tertiary/aromatic N) is 3. The molecule has 3 aromatic rings. The number of aryl methyl sites for hydroxylation is 1. The number of methoxy groups -OCH3 is 1. The molecule has 0 saturated carbocycles. The summed E-state index contributed by atoms with van der Waals surface area (Å²) in [7, 11) is 1.66. The van der Waals surface area contributed by atoms with Crippen LogP contribution in [-0.4, -0.2) is 30.2 Å². The molecule has 2 aromatic carbocycles. The summed E-state index contributed by atoms with van der Waals surface area (Å²) in [4.78, 5) is 11.3. The Morgan fingerprint density at radius 3 is 1.79 bits per heavy atom. The van der Waals surface area contributed by atoms with Crippen molar-refractivity contribution < 1.29 is 4.74 Å². The van der Waals surface area contributed by atoms with E-state index in [9.17, 15) is 0 Å². The van der Waals surface area contributed by atoms with Gasteiger partial charge >= 0.3 is 0 Å². The van der Waals surface area contributed by atoms with E-state index in [1.807, 2.05) is 37.3 Å². The van der Waals surface area contributed by atoms with Gasteiger partial charge in [0, 0.05) is 36.2 Å². The van der Waals surface area contributed by atoms with Gasteiger partial charge in [0.05, 0.1) is 7.11 Å². The van der Waals surface area contributed by atoms with Crippen LogP contribution in [0.15, 0.2) is 54.6 Å². The van der Waals surface area contributed by atoms with Crippen molar-refractivity contribution in [2.24, 2.45) is 0 Å². The molecule has 0 aliphatic rings. The number of rotatable bonds is 8. The topological polar surface area (TPSA) is 62.3 Å². The van der Waals surface area contributed by atoms with E-state index in [2.05, 4.69) is 63.6 Å². The average molecular weight is 377 g/mol. The molecule has 0 unspecified atom stereocenters. The van der Waals surface area contributed by atoms with Crippen LogP contribution in [0.3, 0.4) is 0 Å². The Morgan fingerprint density at radius 1 is 0.821 bits per heavy atom. The number of anilines is 5. The summed E-state index contributed by atoms with van der Waals surface area (Å²) in [6, 6.07) is 18.0. The van der Waals surface area contributed by atoms with Crippen molar-refractivity contribution in [1.29, 1.82) is 0 Å². The lowest BCUT2D eigenvalue weighted by Crippen LogP contribution is -2.21. The summed E-state index contributed by atoms with van der Waals surface area (Å²) < 4.78 is 5.19. The molecule has 0 spiro atoms. The van der Waals surface area contributed by atoms with Crippen LogP contribution in [0.2, 0.25) is 0 Å². The molecule has 0 atom stereocenters. The quantitative estimate of drug-likeness (QED) is 0.568. The fourth-order valence-corrected chi connectivity index (χ4v) is 3.01. The van der Waals surface area contributed by atoms with Crippen LogP contribution in [-0.2, 0) is 0 Å². The Bertz CT molecular complexity index is 890. The summed E-state index contributed by atoms with van der Waals surface area (Å²) >= 11 is 0. The van der Waals surface area contributed by atoms with E-state index in [1.165, 1.54) is 5.69 Å². The normalized spacial score (nSPS) is 10.4. The van der Waals surface area contributed by atoms with Gasteiger partial charge in [0.15, 0.2) is 0 Å². The van der Waals surface area contributed by atoms with Crippen molar-refractivity contribution in [3.05, 3.63) is 60.4 Å². The molecule has 0 amide bonds. The lowest BCUT2D eigenvalue weighted by atomic mass is 10.2. The van der Waals surface area contributed by atoms with Crippen LogP contribution in [0.4, 0.5) is 28.7 Å². The van der Waals surface area contributed by atoms with Crippen molar-refractivity contribution in [3.8, 4) is 5.75 Å². The van der Waals surface area contributed by atoms with E-state index in [4.69, 9.17) is 4.74 Å². The van der Waals surface area contributed by atoms with Crippen molar-refractivity contribution in [2.75, 3.05) is 35.7 Å². The molecule has 0 fully saturated rings. The molecule has 0 aliphatic heterocycles. The largest absolute Gasteiger partial charge is 0.497 e. The predicted octanol–water partition coefficient (Wildman–Crippen LogP) is 5.13. The summed E-state index contributed by atoms with van der Waals surface area (Å²) in [5.74, 6) is 3.00. The second kappa shape index (κ2) is 9.08. The third-order valence-corrected chi connectivity index (χ3v) is 4.47. The molecule has 3 rings (SSSR count). The molecule has 28 heavy (non-hydrogen) atoms. The van der Waals surface area contributed by atoms with Crippen molar-refractivity contribution in [2.45, 2.75) is 20.8 Å². The number of ether oxygens (including phenoxy) is 1. The van der Waals surface area contributed by atoms with Crippen molar-refractivity contribution >= 4 is 28.7 Å². The molecule has 0 saturated heterocycles. The third kappa shape index (κ3) is 4.91. The number of hydrogen-bond acceptors (Lipinski definition) is 6. The zero-order valence-corrected chi connectivity index (χ0v) is 16.9. The minimum atomic E-state index is 0.695. The van der Waals surface area contributed by atoms with Gasteiger partial charge in [0.1, 0.15) is 23.2 Å². The number of benzene rings is 2. The van der Waals surface area contributed by atoms with Gasteiger partial charge in [-0.25, -0.2) is 9.97 Å². The molecule has 0 aliphatic carbocycles. The molecule has 0 radical (unpaired) electrons. The van der Waals surface area contributed by atoms with Crippen LogP contribution in [0.5, 0.6) is 5.75 Å². The Labute approximate surface area is 166 Å². The second-order valence-corrected chi connectivity index (χ2v) is 6.38. The molecule has 1 heterocycles. The molecule has 2 N–H and O–H groups in total. The highest BCUT2D eigenvalue weighted by Gasteiger charge is 2.05. The second-order valence-electron chi connectivity index (χ2n) is 6.38. The maximum absolute atomic E-state index is 5.19. The van der Waals surface area contributed by atoms with E-state index >= 15 is 0 Å². The molecule has 0 bridgehead atoms. The van der Waals surface area contributed by atoms with E-state index in [-0.39, 0.29) is 0 Å². The number of nitrogens with one attached hydrogen (secondary N) is 2. The van der Waals surface area contributed by atoms with Crippen molar-refractivity contribution in [1.82, 2.24) is 9.97 Å². The molecule has 6 nitrogen and oxygen atoms in total. The van der Waals surface area contributed by atoms with Gasteiger partial charge in [-0.2, -0.15) is 0 Å². The molecule has 146 valence electrons. The Morgan fingerprint density at radius 2 is 1.32 bits per heavy atom. The summed E-state index contributed by atoms with van der Waals surface area (Å²) in [5.41, 5.74) is 3.15. The molecular weight excluding hydrogens is 350 g/mol. The first-order valence-electron chi connectivity index (χ1n) is 9.50. The van der Waals surface area contributed by atoms with Gasteiger partial charge in [0.25, 0.3) is 0 Å². The van der Waals surface area contributed by atoms with Gasteiger partial charge < -0.3 is 20.3 Å². The van der Waals surface area contributed by atoms with Crippen molar-refractivity contribution in [3.63, 3.8) is 0 Å². The van der Waals surface area contributed by atoms with Gasteiger partial charge in [-0.05, 0) is 69.3 Å². The highest BCUT2D eigenvalue weighted by molar-refractivity contribution is 5.65.